The van der Waals surface area contributed by atoms with Crippen LogP contribution in [-0.2, 0) is 0 Å². The molecular formula is C38H18F4N10O2. The molecule has 0 spiro atoms. The summed E-state index contributed by atoms with van der Waals surface area (Å²) in [7, 11) is 3.07. The molecule has 6 heterocycles. The molecule has 0 saturated carbocycles. The van der Waals surface area contributed by atoms with E-state index in [1.807, 2.05) is 26.0 Å². The largest absolute Gasteiger partial charge is 0.491 e. The number of rotatable bonds is 2. The third-order valence-electron chi connectivity index (χ3n) is 8.69. The van der Waals surface area contributed by atoms with Gasteiger partial charge in [-0.05, 0) is 55.8 Å². The Morgan fingerprint density at radius 3 is 1.41 bits per heavy atom. The van der Waals surface area contributed by atoms with E-state index in [-0.39, 0.29) is 55.5 Å². The van der Waals surface area contributed by atoms with Gasteiger partial charge in [-0.3, -0.25) is 4.98 Å². The van der Waals surface area contributed by atoms with Crippen LogP contribution >= 0.6 is 0 Å². The highest BCUT2D eigenvalue weighted by atomic mass is 19.2. The number of methoxy groups -OCH3 is 2. The van der Waals surface area contributed by atoms with Gasteiger partial charge in [-0.25, -0.2) is 43.4 Å². The lowest BCUT2D eigenvalue weighted by Crippen LogP contribution is -1.99. The number of hydrogen-bond acceptors (Lipinski definition) is 10. The smallest absolute Gasteiger partial charge is 0.257 e. The van der Waals surface area contributed by atoms with Crippen LogP contribution in [0.2, 0.25) is 0 Å². The second-order valence-corrected chi connectivity index (χ2v) is 11.6. The molecule has 0 atom stereocenters. The number of benzene rings is 2. The van der Waals surface area contributed by atoms with Crippen LogP contribution in [0.5, 0.6) is 11.6 Å². The predicted octanol–water partition coefficient (Wildman–Crippen LogP) is 8.70. The maximum atomic E-state index is 13.7. The zero-order chi connectivity index (χ0) is 38.6. The summed E-state index contributed by atoms with van der Waals surface area (Å²) in [5, 5.41) is 20.8. The van der Waals surface area contributed by atoms with Crippen molar-refractivity contribution in [3.8, 4) is 23.8 Å². The Morgan fingerprint density at radius 2 is 0.963 bits per heavy atom. The van der Waals surface area contributed by atoms with Gasteiger partial charge in [0, 0.05) is 38.0 Å². The van der Waals surface area contributed by atoms with Crippen LogP contribution in [0.1, 0.15) is 22.6 Å². The fourth-order valence-electron chi connectivity index (χ4n) is 6.06. The van der Waals surface area contributed by atoms with E-state index in [0.29, 0.717) is 39.0 Å². The van der Waals surface area contributed by atoms with Crippen molar-refractivity contribution in [3.63, 3.8) is 0 Å². The Labute approximate surface area is 301 Å². The van der Waals surface area contributed by atoms with Crippen LogP contribution in [0.4, 0.5) is 28.9 Å². The number of nitriles is 2. The molecular weight excluding hydrogens is 704 g/mol. The lowest BCUT2D eigenvalue weighted by Gasteiger charge is -2.14. The van der Waals surface area contributed by atoms with Crippen LogP contribution < -0.4 is 9.47 Å². The van der Waals surface area contributed by atoms with Gasteiger partial charge in [-0.15, -0.1) is 0 Å². The Balaban J connectivity index is 0.000000167. The summed E-state index contributed by atoms with van der Waals surface area (Å²) < 4.78 is 65.5. The van der Waals surface area contributed by atoms with Crippen LogP contribution in [0.25, 0.3) is 75.1 Å². The Hall–Kier alpha value is -7.82. The summed E-state index contributed by atoms with van der Waals surface area (Å²) in [6, 6.07) is 12.0. The predicted molar refractivity (Wildman–Crippen MR) is 189 cm³/mol. The van der Waals surface area contributed by atoms with E-state index >= 15 is 0 Å². The van der Waals surface area contributed by atoms with E-state index in [0.717, 1.165) is 28.8 Å². The molecule has 54 heavy (non-hydrogen) atoms. The normalized spacial score (nSPS) is 10.9. The molecule has 260 valence electrons. The Bertz CT molecular complexity index is 3060. The van der Waals surface area contributed by atoms with Crippen LogP contribution in [0, 0.1) is 73.2 Å². The van der Waals surface area contributed by atoms with E-state index in [9.17, 15) is 22.8 Å². The molecule has 12 nitrogen and oxygen atoms in total. The first kappa shape index (κ1) is 34.6. The monoisotopic (exact) mass is 722 g/mol. The minimum absolute atomic E-state index is 0.0211. The van der Waals surface area contributed by atoms with Crippen molar-refractivity contribution in [1.29, 1.82) is 10.5 Å². The lowest BCUT2D eigenvalue weighted by atomic mass is 10.0. The van der Waals surface area contributed by atoms with E-state index in [1.165, 1.54) is 20.3 Å². The Kier molecular flexibility index (Phi) is 8.37. The summed E-state index contributed by atoms with van der Waals surface area (Å²) in [5.41, 5.74) is 3.33. The van der Waals surface area contributed by atoms with E-state index in [2.05, 4.69) is 34.6 Å². The maximum absolute atomic E-state index is 13.7. The van der Waals surface area contributed by atoms with Gasteiger partial charge in [0.25, 0.3) is 5.88 Å². The highest BCUT2D eigenvalue weighted by Crippen LogP contribution is 2.40. The maximum Gasteiger partial charge on any atom is 0.257 e. The summed E-state index contributed by atoms with van der Waals surface area (Å²) in [6.07, 6.45) is 0. The number of nitrogens with zero attached hydrogens (tertiary/aromatic N) is 10. The topological polar surface area (TPSA) is 152 Å². The first-order valence-electron chi connectivity index (χ1n) is 15.5. The number of ether oxygens (including phenoxy) is 2. The molecule has 0 fully saturated rings. The minimum Gasteiger partial charge on any atom is -0.491 e. The van der Waals surface area contributed by atoms with Gasteiger partial charge >= 0.3 is 0 Å². The fraction of sp³-hybridized carbons (Fsp3) is 0.105. The van der Waals surface area contributed by atoms with E-state index in [4.69, 9.17) is 32.9 Å². The van der Waals surface area contributed by atoms with Crippen molar-refractivity contribution >= 4 is 76.8 Å². The molecule has 16 heteroatoms. The number of fused-ring (bicyclic) bond motifs is 12. The van der Waals surface area contributed by atoms with Gasteiger partial charge in [0.2, 0.25) is 23.3 Å². The highest BCUT2D eigenvalue weighted by molar-refractivity contribution is 6.23. The number of pyridine rings is 6. The number of halogens is 4. The van der Waals surface area contributed by atoms with Crippen LogP contribution in [0.15, 0.2) is 36.4 Å². The first-order chi connectivity index (χ1) is 26.0. The molecule has 0 aliphatic rings. The van der Waals surface area contributed by atoms with Crippen molar-refractivity contribution in [2.24, 2.45) is 0 Å². The van der Waals surface area contributed by atoms with Gasteiger partial charge in [-0.2, -0.15) is 19.3 Å². The van der Waals surface area contributed by atoms with Crippen molar-refractivity contribution in [2.45, 2.75) is 13.8 Å². The standard InChI is InChI=1S/C21H15N5O2.C17H3F4N5/c1-10-6-12-18(24-11(10)2)13-7-15(23-3)16(9-22)25-19(13)14-8-17(27-4)21(28-5)26-20(12)14;1-23-11-4-8-13(24-12(11)5-22)6-2-9(18)16(20)25-14(6)7-3-10(19)17(21)26-15(7)8/h6-8H,1-2,4-5H3;2-4H. The summed E-state index contributed by atoms with van der Waals surface area (Å²) in [5.74, 6) is -4.59. The van der Waals surface area contributed by atoms with Gasteiger partial charge in [0.15, 0.2) is 17.4 Å². The molecule has 0 aliphatic carbocycles. The van der Waals surface area contributed by atoms with Crippen molar-refractivity contribution in [2.75, 3.05) is 14.2 Å². The molecule has 2 aromatic carbocycles. The highest BCUT2D eigenvalue weighted by Gasteiger charge is 2.21. The molecule has 0 N–H and O–H groups in total. The average molecular weight is 723 g/mol. The molecule has 0 unspecified atom stereocenters. The lowest BCUT2D eigenvalue weighted by molar-refractivity contribution is 0.345. The molecule has 0 bridgehead atoms. The van der Waals surface area contributed by atoms with Crippen LogP contribution in [0.3, 0.4) is 0 Å². The zero-order valence-corrected chi connectivity index (χ0v) is 28.3. The minimum atomic E-state index is -1.43. The summed E-state index contributed by atoms with van der Waals surface area (Å²) in [4.78, 5) is 31.5. The third-order valence-corrected chi connectivity index (χ3v) is 8.69. The van der Waals surface area contributed by atoms with Crippen LogP contribution in [-0.4, -0.2) is 44.1 Å². The summed E-state index contributed by atoms with van der Waals surface area (Å²) in [6.45, 7) is 18.4. The molecule has 0 aliphatic heterocycles. The van der Waals surface area contributed by atoms with Crippen molar-refractivity contribution < 1.29 is 27.0 Å². The van der Waals surface area contributed by atoms with Crippen molar-refractivity contribution in [3.05, 3.63) is 105 Å². The number of aromatic nitrogens is 6. The van der Waals surface area contributed by atoms with E-state index in [1.54, 1.807) is 18.2 Å². The first-order valence-corrected chi connectivity index (χ1v) is 15.5. The van der Waals surface area contributed by atoms with Gasteiger partial charge in [0.1, 0.15) is 23.5 Å². The van der Waals surface area contributed by atoms with Gasteiger partial charge in [0.05, 0.1) is 60.5 Å². The van der Waals surface area contributed by atoms with Gasteiger partial charge in [-0.1, -0.05) is 0 Å². The molecule has 0 amide bonds. The third kappa shape index (κ3) is 5.34. The second-order valence-electron chi connectivity index (χ2n) is 11.6. The molecule has 8 rings (SSSR count). The fourth-order valence-corrected chi connectivity index (χ4v) is 6.06. The SMILES string of the molecule is [C-]#[N+]c1cc2c3nc(C)c(C)cc3c3nc(OC)c(OC)cc3c2nc1C#N.[C-]#[N+]c1cc2c3nc(F)c(F)cc3c3nc(F)c(F)cc3c2nc1C#N. The number of hydrogen-bond donors (Lipinski definition) is 0. The molecule has 6 aromatic heterocycles. The molecule has 0 radical (unpaired) electrons. The average Bonchev–Trinajstić information content (AvgIpc) is 3.18. The van der Waals surface area contributed by atoms with Gasteiger partial charge < -0.3 is 9.47 Å². The Morgan fingerprint density at radius 1 is 0.556 bits per heavy atom. The zero-order valence-electron chi connectivity index (χ0n) is 28.3. The summed E-state index contributed by atoms with van der Waals surface area (Å²) >= 11 is 0. The molecule has 8 aromatic rings. The molecule has 0 saturated heterocycles. The quantitative estimate of drug-likeness (QED) is 0.0733. The second kappa shape index (κ2) is 13.1. The number of aryl methyl sites for hydroxylation is 2. The van der Waals surface area contributed by atoms with Crippen molar-refractivity contribution in [1.82, 2.24) is 29.9 Å². The van der Waals surface area contributed by atoms with E-state index < -0.39 is 23.5 Å².